The molecule has 0 aromatic carbocycles. The highest BCUT2D eigenvalue weighted by atomic mass is 16.6. The number of hydrogen-bond acceptors (Lipinski definition) is 2. The summed E-state index contributed by atoms with van der Waals surface area (Å²) < 4.78 is 5.39. The van der Waals surface area contributed by atoms with E-state index in [-0.39, 0.29) is 23.4 Å². The first-order chi connectivity index (χ1) is 7.89. The maximum absolute atomic E-state index is 11.5. The van der Waals surface area contributed by atoms with Crippen LogP contribution in [0.4, 0.5) is 0 Å². The van der Waals surface area contributed by atoms with E-state index in [0.29, 0.717) is 11.5 Å². The van der Waals surface area contributed by atoms with Crippen LogP contribution in [0.1, 0.15) is 26.7 Å². The Hall–Kier alpha value is -1.31. The summed E-state index contributed by atoms with van der Waals surface area (Å²) in [6, 6.07) is 0. The molecule has 1 aliphatic carbocycles. The van der Waals surface area contributed by atoms with Gasteiger partial charge in [0.05, 0.1) is 0 Å². The molecule has 1 saturated carbocycles. The molecule has 2 fully saturated rings. The average Bonchev–Trinajstić information content (AvgIpc) is 2.53. The van der Waals surface area contributed by atoms with E-state index in [1.165, 1.54) is 0 Å². The van der Waals surface area contributed by atoms with Gasteiger partial charge in [0.25, 0.3) is 0 Å². The van der Waals surface area contributed by atoms with Crippen LogP contribution in [0.15, 0.2) is 37.0 Å². The van der Waals surface area contributed by atoms with Crippen LogP contribution < -0.4 is 0 Å². The molecule has 4 atom stereocenters. The van der Waals surface area contributed by atoms with Crippen LogP contribution >= 0.6 is 0 Å². The van der Waals surface area contributed by atoms with Crippen LogP contribution in [-0.2, 0) is 9.53 Å². The van der Waals surface area contributed by atoms with Crippen LogP contribution in [0, 0.1) is 17.3 Å². The lowest BCUT2D eigenvalue weighted by molar-refractivity contribution is -0.141. The number of carbonyl (C=O) groups is 1. The Bertz CT molecular complexity index is 407. The van der Waals surface area contributed by atoms with Crippen LogP contribution in [-0.4, -0.2) is 12.1 Å². The number of carbonyl (C=O) groups excluding carboxylic acids is 1. The summed E-state index contributed by atoms with van der Waals surface area (Å²) in [7, 11) is 0. The van der Waals surface area contributed by atoms with Gasteiger partial charge in [-0.25, -0.2) is 4.79 Å². The molecule has 0 N–H and O–H groups in total. The first-order valence-electron chi connectivity index (χ1n) is 6.08. The lowest BCUT2D eigenvalue weighted by Crippen LogP contribution is -2.40. The van der Waals surface area contributed by atoms with Crippen LogP contribution in [0.5, 0.6) is 0 Å². The summed E-state index contributed by atoms with van der Waals surface area (Å²) in [4.78, 5) is 11.5. The third-order valence-corrected chi connectivity index (χ3v) is 4.40. The molecule has 0 aromatic rings. The highest BCUT2D eigenvalue weighted by Crippen LogP contribution is 2.51. The van der Waals surface area contributed by atoms with Gasteiger partial charge in [-0.1, -0.05) is 31.7 Å². The fourth-order valence-electron chi connectivity index (χ4n) is 3.24. The lowest BCUT2D eigenvalue weighted by Gasteiger charge is -2.44. The fraction of sp³-hybridized carbons (Fsp3) is 0.533. The summed E-state index contributed by atoms with van der Waals surface area (Å²) in [5.74, 6) is 0.290. The van der Waals surface area contributed by atoms with E-state index in [1.54, 1.807) is 0 Å². The topological polar surface area (TPSA) is 26.3 Å². The summed E-state index contributed by atoms with van der Waals surface area (Å²) >= 11 is 0. The molecular weight excluding hydrogens is 212 g/mol. The number of esters is 1. The van der Waals surface area contributed by atoms with E-state index in [4.69, 9.17) is 4.74 Å². The predicted octanol–water partition coefficient (Wildman–Crippen LogP) is 3.26. The summed E-state index contributed by atoms with van der Waals surface area (Å²) in [6.45, 7) is 16.1. The number of hydrogen-bond donors (Lipinski definition) is 0. The minimum atomic E-state index is -0.228. The SMILES string of the molecule is C=C[C@@]1(C)C[C@@H]2OC(=O)C(=C)[C@H]2C[C@@H]1C(=C)C. The first-order valence-corrected chi connectivity index (χ1v) is 6.08. The maximum Gasteiger partial charge on any atom is 0.334 e. The molecule has 17 heavy (non-hydrogen) atoms. The maximum atomic E-state index is 11.5. The lowest BCUT2D eigenvalue weighted by atomic mass is 9.61. The van der Waals surface area contributed by atoms with Crippen molar-refractivity contribution in [3.63, 3.8) is 0 Å². The Morgan fingerprint density at radius 2 is 2.24 bits per heavy atom. The Morgan fingerprint density at radius 1 is 1.59 bits per heavy atom. The van der Waals surface area contributed by atoms with Crippen molar-refractivity contribution in [2.75, 3.05) is 0 Å². The van der Waals surface area contributed by atoms with E-state index in [2.05, 4.69) is 26.7 Å². The van der Waals surface area contributed by atoms with E-state index in [9.17, 15) is 4.79 Å². The third-order valence-electron chi connectivity index (χ3n) is 4.40. The second-order valence-electron chi connectivity index (χ2n) is 5.62. The zero-order valence-electron chi connectivity index (χ0n) is 10.7. The third kappa shape index (κ3) is 1.76. The van der Waals surface area contributed by atoms with E-state index >= 15 is 0 Å². The van der Waals surface area contributed by atoms with Crippen molar-refractivity contribution in [3.8, 4) is 0 Å². The van der Waals surface area contributed by atoms with Gasteiger partial charge in [0.1, 0.15) is 6.10 Å². The van der Waals surface area contributed by atoms with Crippen molar-refractivity contribution >= 4 is 5.97 Å². The molecule has 92 valence electrons. The van der Waals surface area contributed by atoms with Crippen LogP contribution in [0.2, 0.25) is 0 Å². The van der Waals surface area contributed by atoms with E-state index < -0.39 is 0 Å². The molecule has 2 aliphatic rings. The second kappa shape index (κ2) is 3.86. The largest absolute Gasteiger partial charge is 0.458 e. The number of fused-ring (bicyclic) bond motifs is 1. The molecule has 0 unspecified atom stereocenters. The van der Waals surface area contributed by atoms with Gasteiger partial charge in [-0.15, -0.1) is 6.58 Å². The van der Waals surface area contributed by atoms with Gasteiger partial charge in [-0.05, 0) is 31.1 Å². The van der Waals surface area contributed by atoms with Gasteiger partial charge in [0.15, 0.2) is 0 Å². The smallest absolute Gasteiger partial charge is 0.334 e. The monoisotopic (exact) mass is 232 g/mol. The molecule has 0 amide bonds. The van der Waals surface area contributed by atoms with E-state index in [1.807, 2.05) is 13.0 Å². The summed E-state index contributed by atoms with van der Waals surface area (Å²) in [6.07, 6.45) is 3.68. The van der Waals surface area contributed by atoms with Gasteiger partial charge in [-0.2, -0.15) is 0 Å². The Balaban J connectivity index is 2.32. The van der Waals surface area contributed by atoms with Crippen molar-refractivity contribution in [1.29, 1.82) is 0 Å². The number of rotatable bonds is 2. The van der Waals surface area contributed by atoms with Gasteiger partial charge in [0, 0.05) is 11.5 Å². The summed E-state index contributed by atoms with van der Waals surface area (Å²) in [5, 5.41) is 0. The van der Waals surface area contributed by atoms with Crippen molar-refractivity contribution in [2.24, 2.45) is 17.3 Å². The van der Waals surface area contributed by atoms with Crippen molar-refractivity contribution in [1.82, 2.24) is 0 Å². The highest BCUT2D eigenvalue weighted by Gasteiger charge is 2.50. The molecule has 2 nitrogen and oxygen atoms in total. The zero-order valence-corrected chi connectivity index (χ0v) is 10.7. The summed E-state index contributed by atoms with van der Waals surface area (Å²) in [5.41, 5.74) is 1.75. The minimum absolute atomic E-state index is 0.0198. The zero-order chi connectivity index (χ0) is 12.8. The number of ether oxygens (including phenoxy) is 1. The van der Waals surface area contributed by atoms with Crippen molar-refractivity contribution < 1.29 is 9.53 Å². The number of allylic oxidation sites excluding steroid dienone is 2. The molecule has 0 aromatic heterocycles. The van der Waals surface area contributed by atoms with Gasteiger partial charge < -0.3 is 4.74 Å². The Morgan fingerprint density at radius 3 is 2.76 bits per heavy atom. The fourth-order valence-corrected chi connectivity index (χ4v) is 3.24. The minimum Gasteiger partial charge on any atom is -0.458 e. The van der Waals surface area contributed by atoms with Crippen LogP contribution in [0.3, 0.4) is 0 Å². The second-order valence-corrected chi connectivity index (χ2v) is 5.62. The Kier molecular flexibility index (Phi) is 2.76. The highest BCUT2D eigenvalue weighted by molar-refractivity contribution is 5.90. The standard InChI is InChI=1S/C15H20O2/c1-6-15(5)8-13-11(7-12(15)9(2)3)10(4)14(16)17-13/h6,11-13H,1-2,4,7-8H2,3,5H3/t11-,12-,13+,15+/m1/s1. The molecule has 1 heterocycles. The normalized spacial score (nSPS) is 40.7. The molecular formula is C15H20O2. The molecule has 1 saturated heterocycles. The van der Waals surface area contributed by atoms with Crippen LogP contribution in [0.25, 0.3) is 0 Å². The van der Waals surface area contributed by atoms with Gasteiger partial charge in [-0.3, -0.25) is 0 Å². The first kappa shape index (κ1) is 12.2. The molecule has 0 bridgehead atoms. The molecule has 1 aliphatic heterocycles. The van der Waals surface area contributed by atoms with E-state index in [0.717, 1.165) is 18.4 Å². The van der Waals surface area contributed by atoms with Gasteiger partial charge in [0.2, 0.25) is 0 Å². The average molecular weight is 232 g/mol. The predicted molar refractivity (Wildman–Crippen MR) is 68.4 cm³/mol. The molecule has 2 heteroatoms. The van der Waals surface area contributed by atoms with Crippen molar-refractivity contribution in [2.45, 2.75) is 32.8 Å². The van der Waals surface area contributed by atoms with Gasteiger partial charge >= 0.3 is 5.97 Å². The Labute approximate surface area is 103 Å². The quantitative estimate of drug-likeness (QED) is 0.415. The molecule has 0 spiro atoms. The molecule has 2 rings (SSSR count). The molecule has 0 radical (unpaired) electrons. The van der Waals surface area contributed by atoms with Crippen molar-refractivity contribution in [3.05, 3.63) is 37.0 Å².